The third-order valence-electron chi connectivity index (χ3n) is 3.34. The number of rotatable bonds is 1. The number of para-hydroxylation sites is 1. The first-order valence-electron chi connectivity index (χ1n) is 6.30. The van der Waals surface area contributed by atoms with Crippen LogP contribution < -0.4 is 5.73 Å². The van der Waals surface area contributed by atoms with Crippen LogP contribution in [0.3, 0.4) is 0 Å². The average Bonchev–Trinajstić information content (AvgIpc) is 2.86. The summed E-state index contributed by atoms with van der Waals surface area (Å²) in [6, 6.07) is 14.0. The molecule has 4 aromatic rings. The Morgan fingerprint density at radius 3 is 2.55 bits per heavy atom. The lowest BCUT2D eigenvalue weighted by atomic mass is 10.1. The number of anilines is 1. The van der Waals surface area contributed by atoms with Crippen molar-refractivity contribution in [2.45, 2.75) is 0 Å². The highest BCUT2D eigenvalue weighted by Gasteiger charge is 2.08. The standard InChI is InChI=1S/C16H11N3O/c17-16-9-18-13(8-19-16)10-5-6-15-12(7-10)11-3-1-2-4-14(11)20-15/h1-9H,(H2,17,19). The Labute approximate surface area is 114 Å². The molecule has 4 rings (SSSR count). The fourth-order valence-corrected chi connectivity index (χ4v) is 2.37. The number of aromatic nitrogens is 2. The summed E-state index contributed by atoms with van der Waals surface area (Å²) in [5.41, 5.74) is 9.12. The lowest BCUT2D eigenvalue weighted by molar-refractivity contribution is 0.669. The van der Waals surface area contributed by atoms with Gasteiger partial charge in [0.2, 0.25) is 0 Å². The lowest BCUT2D eigenvalue weighted by Gasteiger charge is -2.00. The van der Waals surface area contributed by atoms with Gasteiger partial charge >= 0.3 is 0 Å². The molecule has 0 amide bonds. The first-order valence-corrected chi connectivity index (χ1v) is 6.30. The first-order chi connectivity index (χ1) is 9.81. The van der Waals surface area contributed by atoms with E-state index in [9.17, 15) is 0 Å². The number of fused-ring (bicyclic) bond motifs is 3. The second-order valence-electron chi connectivity index (χ2n) is 4.64. The molecular formula is C16H11N3O. The molecule has 4 nitrogen and oxygen atoms in total. The molecule has 2 aromatic carbocycles. The van der Waals surface area contributed by atoms with Gasteiger partial charge in [-0.25, -0.2) is 4.98 Å². The van der Waals surface area contributed by atoms with Crippen LogP contribution in [-0.4, -0.2) is 9.97 Å². The quantitative estimate of drug-likeness (QED) is 0.568. The minimum Gasteiger partial charge on any atom is -0.456 e. The predicted octanol–water partition coefficient (Wildman–Crippen LogP) is 3.63. The third kappa shape index (κ3) is 1.62. The van der Waals surface area contributed by atoms with Gasteiger partial charge in [-0.05, 0) is 24.3 Å². The number of benzene rings is 2. The molecule has 0 aliphatic heterocycles. The van der Waals surface area contributed by atoms with Crippen molar-refractivity contribution < 1.29 is 4.42 Å². The molecule has 0 aliphatic rings. The highest BCUT2D eigenvalue weighted by molar-refractivity contribution is 6.06. The van der Waals surface area contributed by atoms with E-state index in [2.05, 4.69) is 22.1 Å². The topological polar surface area (TPSA) is 64.9 Å². The van der Waals surface area contributed by atoms with Gasteiger partial charge in [0.1, 0.15) is 17.0 Å². The van der Waals surface area contributed by atoms with Gasteiger partial charge in [-0.15, -0.1) is 0 Å². The zero-order chi connectivity index (χ0) is 13.5. The van der Waals surface area contributed by atoms with Crippen LogP contribution in [0.5, 0.6) is 0 Å². The van der Waals surface area contributed by atoms with Gasteiger partial charge in [-0.1, -0.05) is 18.2 Å². The van der Waals surface area contributed by atoms with E-state index >= 15 is 0 Å². The van der Waals surface area contributed by atoms with Gasteiger partial charge in [0.15, 0.2) is 0 Å². The van der Waals surface area contributed by atoms with Crippen LogP contribution >= 0.6 is 0 Å². The lowest BCUT2D eigenvalue weighted by Crippen LogP contribution is -1.92. The molecule has 0 bridgehead atoms. The average molecular weight is 261 g/mol. The molecular weight excluding hydrogens is 250 g/mol. The molecule has 0 saturated carbocycles. The second-order valence-corrected chi connectivity index (χ2v) is 4.64. The van der Waals surface area contributed by atoms with Crippen LogP contribution in [-0.2, 0) is 0 Å². The minimum absolute atomic E-state index is 0.420. The molecule has 2 heterocycles. The van der Waals surface area contributed by atoms with E-state index in [1.54, 1.807) is 12.4 Å². The van der Waals surface area contributed by atoms with Crippen molar-refractivity contribution in [3.63, 3.8) is 0 Å². The van der Waals surface area contributed by atoms with E-state index in [1.807, 2.05) is 30.3 Å². The van der Waals surface area contributed by atoms with Crippen molar-refractivity contribution in [1.82, 2.24) is 9.97 Å². The van der Waals surface area contributed by atoms with E-state index in [-0.39, 0.29) is 0 Å². The summed E-state index contributed by atoms with van der Waals surface area (Å²) in [5.74, 6) is 0.420. The molecule has 4 heteroatoms. The highest BCUT2D eigenvalue weighted by atomic mass is 16.3. The molecule has 20 heavy (non-hydrogen) atoms. The molecule has 0 fully saturated rings. The predicted molar refractivity (Wildman–Crippen MR) is 79.2 cm³/mol. The van der Waals surface area contributed by atoms with Crippen LogP contribution in [0.15, 0.2) is 59.3 Å². The molecule has 0 radical (unpaired) electrons. The molecule has 2 aromatic heterocycles. The van der Waals surface area contributed by atoms with Crippen molar-refractivity contribution in [2.24, 2.45) is 0 Å². The van der Waals surface area contributed by atoms with Crippen LogP contribution in [0, 0.1) is 0 Å². The van der Waals surface area contributed by atoms with E-state index in [0.717, 1.165) is 33.2 Å². The SMILES string of the molecule is Nc1cnc(-c2ccc3oc4ccccc4c3c2)cn1. The zero-order valence-electron chi connectivity index (χ0n) is 10.6. The normalized spacial score (nSPS) is 11.2. The number of hydrogen-bond acceptors (Lipinski definition) is 4. The van der Waals surface area contributed by atoms with Crippen LogP contribution in [0.1, 0.15) is 0 Å². The fourth-order valence-electron chi connectivity index (χ4n) is 2.37. The van der Waals surface area contributed by atoms with Gasteiger partial charge in [0.25, 0.3) is 0 Å². The number of nitrogens with zero attached hydrogens (tertiary/aromatic N) is 2. The summed E-state index contributed by atoms with van der Waals surface area (Å²) in [6.07, 6.45) is 3.24. The minimum atomic E-state index is 0.420. The van der Waals surface area contributed by atoms with Gasteiger partial charge in [0, 0.05) is 16.3 Å². The molecule has 0 aliphatic carbocycles. The first kappa shape index (κ1) is 11.0. The summed E-state index contributed by atoms with van der Waals surface area (Å²) < 4.78 is 5.81. The van der Waals surface area contributed by atoms with E-state index in [0.29, 0.717) is 5.82 Å². The largest absolute Gasteiger partial charge is 0.456 e. The maximum absolute atomic E-state index is 5.81. The molecule has 96 valence electrons. The van der Waals surface area contributed by atoms with E-state index < -0.39 is 0 Å². The van der Waals surface area contributed by atoms with Crippen molar-refractivity contribution >= 4 is 27.8 Å². The van der Waals surface area contributed by atoms with Crippen molar-refractivity contribution in [2.75, 3.05) is 5.73 Å². The summed E-state index contributed by atoms with van der Waals surface area (Å²) >= 11 is 0. The van der Waals surface area contributed by atoms with Crippen LogP contribution in [0.4, 0.5) is 5.82 Å². The summed E-state index contributed by atoms with van der Waals surface area (Å²) in [4.78, 5) is 8.38. The molecule has 0 spiro atoms. The molecule has 0 unspecified atom stereocenters. The fraction of sp³-hybridized carbons (Fsp3) is 0. The zero-order valence-corrected chi connectivity index (χ0v) is 10.6. The molecule has 0 atom stereocenters. The molecule has 2 N–H and O–H groups in total. The van der Waals surface area contributed by atoms with Gasteiger partial charge in [0.05, 0.1) is 18.1 Å². The van der Waals surface area contributed by atoms with Crippen LogP contribution in [0.25, 0.3) is 33.2 Å². The van der Waals surface area contributed by atoms with Crippen LogP contribution in [0.2, 0.25) is 0 Å². The Morgan fingerprint density at radius 1 is 0.850 bits per heavy atom. The van der Waals surface area contributed by atoms with Gasteiger partial charge in [-0.3, -0.25) is 4.98 Å². The maximum atomic E-state index is 5.81. The maximum Gasteiger partial charge on any atom is 0.141 e. The number of hydrogen-bond donors (Lipinski definition) is 1. The van der Waals surface area contributed by atoms with Gasteiger partial charge in [-0.2, -0.15) is 0 Å². The highest BCUT2D eigenvalue weighted by Crippen LogP contribution is 2.31. The van der Waals surface area contributed by atoms with Crippen molar-refractivity contribution in [3.8, 4) is 11.3 Å². The Hall–Kier alpha value is -2.88. The Bertz CT molecular complexity index is 910. The smallest absolute Gasteiger partial charge is 0.141 e. The number of nitrogen functional groups attached to an aromatic ring is 1. The number of nitrogens with two attached hydrogens (primary N) is 1. The summed E-state index contributed by atoms with van der Waals surface area (Å²) in [6.45, 7) is 0. The van der Waals surface area contributed by atoms with Gasteiger partial charge < -0.3 is 10.2 Å². The summed E-state index contributed by atoms with van der Waals surface area (Å²) in [5, 5.41) is 2.18. The van der Waals surface area contributed by atoms with Crippen molar-refractivity contribution in [1.29, 1.82) is 0 Å². The Balaban J connectivity index is 1.97. The Kier molecular flexibility index (Phi) is 2.23. The third-order valence-corrected chi connectivity index (χ3v) is 3.34. The van der Waals surface area contributed by atoms with E-state index in [1.165, 1.54) is 0 Å². The van der Waals surface area contributed by atoms with E-state index in [4.69, 9.17) is 10.2 Å². The summed E-state index contributed by atoms with van der Waals surface area (Å²) in [7, 11) is 0. The number of furan rings is 1. The molecule has 0 saturated heterocycles. The second kappa shape index (κ2) is 4.06. The monoisotopic (exact) mass is 261 g/mol. The Morgan fingerprint density at radius 2 is 1.70 bits per heavy atom. The van der Waals surface area contributed by atoms with Crippen molar-refractivity contribution in [3.05, 3.63) is 54.9 Å².